The Labute approximate surface area is 311 Å². The van der Waals surface area contributed by atoms with E-state index in [-0.39, 0.29) is 6.42 Å². The molecule has 16 nitrogen and oxygen atoms in total. The van der Waals surface area contributed by atoms with E-state index in [1.54, 1.807) is 6.92 Å². The van der Waals surface area contributed by atoms with E-state index in [4.69, 9.17) is 28.3 Å². The molecule has 1 aliphatic carbocycles. The van der Waals surface area contributed by atoms with Gasteiger partial charge in [-0.2, -0.15) is 0 Å². The molecule has 53 heavy (non-hydrogen) atoms. The summed E-state index contributed by atoms with van der Waals surface area (Å²) >= 11 is 0. The molecule has 0 aliphatic heterocycles. The molecule has 8 atom stereocenters. The molecule has 1 saturated carbocycles. The number of unbranched alkanes of at least 4 members (excludes halogenated alkanes) is 12. The summed E-state index contributed by atoms with van der Waals surface area (Å²) < 4.78 is 48.3. The smallest absolute Gasteiger partial charge is 0.456 e. The Morgan fingerprint density at radius 1 is 0.642 bits per heavy atom. The fourth-order valence-corrected chi connectivity index (χ4v) is 6.61. The lowest BCUT2D eigenvalue weighted by Gasteiger charge is -2.43. The van der Waals surface area contributed by atoms with Crippen LogP contribution in [0.1, 0.15) is 104 Å². The quantitative estimate of drug-likeness (QED) is 0.0244. The first kappa shape index (κ1) is 48.3. The van der Waals surface area contributed by atoms with Crippen molar-refractivity contribution >= 4 is 27.6 Å². The van der Waals surface area contributed by atoms with E-state index in [0.29, 0.717) is 6.42 Å². The second-order valence-corrected chi connectivity index (χ2v) is 14.8. The molecule has 0 amide bonds. The predicted molar refractivity (Wildman–Crippen MR) is 190 cm³/mol. The normalized spacial score (nSPS) is 22.5. The first-order valence-corrected chi connectivity index (χ1v) is 20.5. The van der Waals surface area contributed by atoms with Crippen molar-refractivity contribution in [1.82, 2.24) is 0 Å². The monoisotopic (exact) mass is 790 g/mol. The second-order valence-electron chi connectivity index (χ2n) is 12.2. The largest absolute Gasteiger partial charge is 0.472 e. The number of carbonyl (C=O) groups is 2. The number of esters is 2. The zero-order chi connectivity index (χ0) is 39.7. The van der Waals surface area contributed by atoms with Gasteiger partial charge in [-0.05, 0) is 48.9 Å². The maximum Gasteiger partial charge on any atom is 0.472 e. The molecule has 1 fully saturated rings. The minimum Gasteiger partial charge on any atom is -0.456 e. The van der Waals surface area contributed by atoms with E-state index < -0.39 is 83.5 Å². The number of rotatable bonds is 24. The fraction of sp³-hybridized carbons (Fsp3) is 0.714. The topological polar surface area (TPSA) is 256 Å². The SMILES string of the molecule is CC#CC#CC#CC#CC(=O)OC[C@H](COP(=O)(O)OC1C(O)[C@H](OP(=O)(O)O)[C@@H](O)C(O)[C@@H]1O)OC(=O)CCCCCCCCCCCCCCC. The molecule has 1 rings (SSSR count). The molecule has 1 aliphatic rings. The summed E-state index contributed by atoms with van der Waals surface area (Å²) in [7, 11) is -10.7. The van der Waals surface area contributed by atoms with Crippen molar-refractivity contribution < 1.29 is 76.9 Å². The van der Waals surface area contributed by atoms with Gasteiger partial charge in [0.05, 0.1) is 6.61 Å². The summed E-state index contributed by atoms with van der Waals surface area (Å²) in [5.74, 6) is 16.9. The van der Waals surface area contributed by atoms with Crippen molar-refractivity contribution in [3.8, 4) is 47.4 Å². The summed E-state index contributed by atoms with van der Waals surface area (Å²) in [5, 5.41) is 40.8. The molecular formula is C35H52O16P2. The third-order valence-electron chi connectivity index (χ3n) is 7.77. The number of aliphatic hydroxyl groups is 4. The van der Waals surface area contributed by atoms with Gasteiger partial charge in [-0.3, -0.25) is 18.4 Å². The number of carbonyl (C=O) groups excluding carboxylic acids is 2. The lowest BCUT2D eigenvalue weighted by molar-refractivity contribution is -0.216. The maximum absolute atomic E-state index is 12.8. The van der Waals surface area contributed by atoms with Crippen molar-refractivity contribution in [3.63, 3.8) is 0 Å². The van der Waals surface area contributed by atoms with Crippen LogP contribution in [0.3, 0.4) is 0 Å². The molecule has 7 N–H and O–H groups in total. The lowest BCUT2D eigenvalue weighted by atomic mass is 9.85. The van der Waals surface area contributed by atoms with Gasteiger partial charge < -0.3 is 44.6 Å². The predicted octanol–water partition coefficient (Wildman–Crippen LogP) is 2.39. The van der Waals surface area contributed by atoms with Gasteiger partial charge in [-0.1, -0.05) is 89.9 Å². The summed E-state index contributed by atoms with van der Waals surface area (Å²) in [4.78, 5) is 53.2. The third kappa shape index (κ3) is 22.3. The van der Waals surface area contributed by atoms with Gasteiger partial charge in [0.2, 0.25) is 0 Å². The van der Waals surface area contributed by atoms with E-state index in [1.165, 1.54) is 44.9 Å². The number of hydrogen-bond donors (Lipinski definition) is 7. The Morgan fingerprint density at radius 3 is 1.66 bits per heavy atom. The van der Waals surface area contributed by atoms with E-state index >= 15 is 0 Å². The van der Waals surface area contributed by atoms with Gasteiger partial charge in [0, 0.05) is 12.3 Å². The van der Waals surface area contributed by atoms with E-state index in [2.05, 4.69) is 58.8 Å². The van der Waals surface area contributed by atoms with E-state index in [9.17, 15) is 44.0 Å². The minimum absolute atomic E-state index is 0.0179. The number of phosphoric acid groups is 2. The van der Waals surface area contributed by atoms with Crippen LogP contribution >= 0.6 is 15.6 Å². The van der Waals surface area contributed by atoms with Crippen LogP contribution < -0.4 is 0 Å². The summed E-state index contributed by atoms with van der Waals surface area (Å²) in [5.41, 5.74) is 0. The van der Waals surface area contributed by atoms with Crippen molar-refractivity contribution in [3.05, 3.63) is 0 Å². The molecule has 298 valence electrons. The maximum atomic E-state index is 12.8. The molecule has 0 aromatic carbocycles. The van der Waals surface area contributed by atoms with Crippen molar-refractivity contribution in [2.75, 3.05) is 13.2 Å². The average molecular weight is 791 g/mol. The molecule has 0 bridgehead atoms. The highest BCUT2D eigenvalue weighted by molar-refractivity contribution is 7.47. The van der Waals surface area contributed by atoms with Crippen LogP contribution in [0.5, 0.6) is 0 Å². The van der Waals surface area contributed by atoms with E-state index in [1.807, 2.05) is 0 Å². The first-order valence-electron chi connectivity index (χ1n) is 17.5. The van der Waals surface area contributed by atoms with Crippen LogP contribution in [0.4, 0.5) is 0 Å². The standard InChI is InChI=1S/C35H52O16P2/c1-3-5-7-9-11-12-13-14-15-16-18-20-22-24-29(37)49-27(25-47-28(36)23-21-19-17-10-8-6-4-2)26-48-53(45,46)51-35-32(40)30(38)31(39)34(33(35)41)50-52(42,43)44/h27,30-35,38-41H,3,5,7,9,11-16,18,20,22,24-26H2,1-2H3,(H,45,46)(H2,42,43,44)/t27-,30?,31+,32+,33?,34-,35?/m1/s1. The van der Waals surface area contributed by atoms with Crippen LogP contribution in [0.25, 0.3) is 0 Å². The highest BCUT2D eigenvalue weighted by atomic mass is 31.2. The van der Waals surface area contributed by atoms with Crippen LogP contribution in [-0.2, 0) is 41.8 Å². The molecule has 4 unspecified atom stereocenters. The Morgan fingerprint density at radius 2 is 1.13 bits per heavy atom. The number of ether oxygens (including phenoxy) is 2. The second kappa shape index (κ2) is 26.9. The number of aliphatic hydroxyl groups excluding tert-OH is 4. The van der Waals surface area contributed by atoms with Crippen LogP contribution in [0.2, 0.25) is 0 Å². The fourth-order valence-electron chi connectivity index (χ4n) is 5.07. The van der Waals surface area contributed by atoms with Crippen molar-refractivity contribution in [2.45, 2.75) is 146 Å². The number of phosphoric ester groups is 2. The van der Waals surface area contributed by atoms with Crippen LogP contribution in [-0.4, -0.2) is 103 Å². The Kier molecular flexibility index (Phi) is 24.5. The van der Waals surface area contributed by atoms with Gasteiger partial charge in [-0.25, -0.2) is 13.9 Å². The van der Waals surface area contributed by atoms with Crippen molar-refractivity contribution in [1.29, 1.82) is 0 Å². The van der Waals surface area contributed by atoms with Crippen LogP contribution in [0.15, 0.2) is 0 Å². The van der Waals surface area contributed by atoms with Gasteiger partial charge in [0.25, 0.3) is 0 Å². The van der Waals surface area contributed by atoms with Gasteiger partial charge in [0.15, 0.2) is 6.10 Å². The molecule has 0 spiro atoms. The highest BCUT2D eigenvalue weighted by Crippen LogP contribution is 2.49. The van der Waals surface area contributed by atoms with E-state index in [0.717, 1.165) is 32.1 Å². The average Bonchev–Trinajstić information content (AvgIpc) is 3.10. The Hall–Kier alpha value is -2.76. The highest BCUT2D eigenvalue weighted by Gasteiger charge is 2.54. The first-order chi connectivity index (χ1) is 25.1. The zero-order valence-corrected chi connectivity index (χ0v) is 31.8. The minimum atomic E-state index is -5.38. The molecule has 0 aromatic heterocycles. The molecule has 0 saturated heterocycles. The molecule has 0 radical (unpaired) electrons. The Bertz CT molecular complexity index is 1470. The van der Waals surface area contributed by atoms with Crippen LogP contribution in [0, 0.1) is 47.4 Å². The number of hydrogen-bond acceptors (Lipinski definition) is 13. The zero-order valence-electron chi connectivity index (χ0n) is 30.1. The van der Waals surface area contributed by atoms with Gasteiger partial charge in [-0.15, -0.1) is 0 Å². The molecule has 0 heterocycles. The summed E-state index contributed by atoms with van der Waals surface area (Å²) in [6.45, 7) is 2.15. The summed E-state index contributed by atoms with van der Waals surface area (Å²) in [6.07, 6.45) is -0.866. The lowest BCUT2D eigenvalue weighted by Crippen LogP contribution is -2.64. The van der Waals surface area contributed by atoms with Crippen molar-refractivity contribution in [2.24, 2.45) is 0 Å². The van der Waals surface area contributed by atoms with Gasteiger partial charge >= 0.3 is 27.6 Å². The van der Waals surface area contributed by atoms with Gasteiger partial charge in [0.1, 0.15) is 43.2 Å². The molecular weight excluding hydrogens is 738 g/mol. The molecule has 0 aromatic rings. The Balaban J connectivity index is 2.78. The third-order valence-corrected chi connectivity index (χ3v) is 9.27. The summed E-state index contributed by atoms with van der Waals surface area (Å²) in [6, 6.07) is 0. The molecule has 18 heteroatoms.